The Labute approximate surface area is 136 Å². The van der Waals surface area contributed by atoms with Crippen molar-refractivity contribution in [3.63, 3.8) is 0 Å². The Morgan fingerprint density at radius 3 is 2.45 bits per heavy atom. The zero-order valence-corrected chi connectivity index (χ0v) is 13.7. The van der Waals surface area contributed by atoms with E-state index in [-0.39, 0.29) is 11.9 Å². The largest absolute Gasteiger partial charge is 0.377 e. The lowest BCUT2D eigenvalue weighted by Crippen LogP contribution is -2.13. The molecule has 2 aromatic carbocycles. The molecule has 20 heavy (non-hydrogen) atoms. The Morgan fingerprint density at radius 2 is 1.85 bits per heavy atom. The monoisotopic (exact) mass is 401 g/mol. The topological polar surface area (TPSA) is 12.0 Å². The fourth-order valence-corrected chi connectivity index (χ4v) is 3.37. The van der Waals surface area contributed by atoms with E-state index >= 15 is 0 Å². The summed E-state index contributed by atoms with van der Waals surface area (Å²) in [6.45, 7) is 0. The van der Waals surface area contributed by atoms with Crippen LogP contribution in [0.5, 0.6) is 0 Å². The van der Waals surface area contributed by atoms with E-state index in [2.05, 4.69) is 27.9 Å². The molecule has 0 amide bonds. The van der Waals surface area contributed by atoms with Crippen molar-refractivity contribution < 1.29 is 4.39 Å². The Morgan fingerprint density at radius 1 is 1.15 bits per heavy atom. The normalized spacial score (nSPS) is 15.9. The van der Waals surface area contributed by atoms with Gasteiger partial charge in [0.25, 0.3) is 0 Å². The highest BCUT2D eigenvalue weighted by Crippen LogP contribution is 2.43. The molecule has 0 aliphatic heterocycles. The highest BCUT2D eigenvalue weighted by atomic mass is 127. The van der Waals surface area contributed by atoms with Gasteiger partial charge in [-0.15, -0.1) is 0 Å². The van der Waals surface area contributed by atoms with Gasteiger partial charge in [0.2, 0.25) is 0 Å². The van der Waals surface area contributed by atoms with Crippen molar-refractivity contribution in [3.8, 4) is 0 Å². The van der Waals surface area contributed by atoms with Crippen LogP contribution in [-0.4, -0.2) is 0 Å². The van der Waals surface area contributed by atoms with Gasteiger partial charge in [-0.2, -0.15) is 0 Å². The maximum Gasteiger partial charge on any atom is 0.123 e. The molecule has 1 saturated carbocycles. The first-order valence-corrected chi connectivity index (χ1v) is 8.06. The zero-order chi connectivity index (χ0) is 14.1. The minimum Gasteiger partial charge on any atom is -0.377 e. The molecule has 0 bridgehead atoms. The second-order valence-electron chi connectivity index (χ2n) is 5.14. The van der Waals surface area contributed by atoms with Crippen molar-refractivity contribution in [1.29, 1.82) is 0 Å². The SMILES string of the molecule is Fc1ccc(C(Nc2ccc(Cl)cc2I)C2CC2)cc1. The average Bonchev–Trinajstić information content (AvgIpc) is 3.24. The van der Waals surface area contributed by atoms with Crippen LogP contribution >= 0.6 is 34.2 Å². The number of hydrogen-bond acceptors (Lipinski definition) is 1. The van der Waals surface area contributed by atoms with Crippen molar-refractivity contribution in [1.82, 2.24) is 0 Å². The standard InChI is InChI=1S/C16H14ClFIN/c17-12-5-8-15(14(19)9-12)20-16(10-1-2-10)11-3-6-13(18)7-4-11/h3-10,16,20H,1-2H2. The summed E-state index contributed by atoms with van der Waals surface area (Å²) in [7, 11) is 0. The van der Waals surface area contributed by atoms with Crippen molar-refractivity contribution >= 4 is 39.9 Å². The second kappa shape index (κ2) is 5.90. The van der Waals surface area contributed by atoms with Gasteiger partial charge in [0.1, 0.15) is 5.82 Å². The molecule has 0 radical (unpaired) electrons. The van der Waals surface area contributed by atoms with Gasteiger partial charge in [-0.25, -0.2) is 4.39 Å². The Kier molecular flexibility index (Phi) is 4.17. The van der Waals surface area contributed by atoms with E-state index in [1.807, 2.05) is 30.3 Å². The molecule has 1 aliphatic rings. The lowest BCUT2D eigenvalue weighted by atomic mass is 10.0. The highest BCUT2D eigenvalue weighted by Gasteiger charge is 2.32. The number of hydrogen-bond donors (Lipinski definition) is 1. The molecule has 4 heteroatoms. The van der Waals surface area contributed by atoms with Gasteiger partial charge in [-0.1, -0.05) is 23.7 Å². The molecule has 1 atom stereocenters. The van der Waals surface area contributed by atoms with E-state index in [0.717, 1.165) is 19.8 Å². The molecule has 0 spiro atoms. The van der Waals surface area contributed by atoms with Gasteiger partial charge in [-0.05, 0) is 77.2 Å². The van der Waals surface area contributed by atoms with Crippen LogP contribution in [0.4, 0.5) is 10.1 Å². The molecule has 0 saturated heterocycles. The second-order valence-corrected chi connectivity index (χ2v) is 6.73. The summed E-state index contributed by atoms with van der Waals surface area (Å²) >= 11 is 8.27. The van der Waals surface area contributed by atoms with Crippen molar-refractivity contribution in [2.45, 2.75) is 18.9 Å². The van der Waals surface area contributed by atoms with Crippen molar-refractivity contribution in [3.05, 3.63) is 62.4 Å². The third-order valence-corrected chi connectivity index (χ3v) is 4.69. The maximum absolute atomic E-state index is 13.1. The number of anilines is 1. The Bertz CT molecular complexity index is 610. The summed E-state index contributed by atoms with van der Waals surface area (Å²) in [6, 6.07) is 12.9. The highest BCUT2D eigenvalue weighted by molar-refractivity contribution is 14.1. The molecule has 1 nitrogen and oxygen atoms in total. The summed E-state index contributed by atoms with van der Waals surface area (Å²) < 4.78 is 14.2. The van der Waals surface area contributed by atoms with E-state index in [0.29, 0.717) is 5.92 Å². The molecular formula is C16H14ClFIN. The molecular weight excluding hydrogens is 388 g/mol. The molecule has 0 heterocycles. The predicted molar refractivity (Wildman–Crippen MR) is 89.7 cm³/mol. The maximum atomic E-state index is 13.1. The van der Waals surface area contributed by atoms with Crippen LogP contribution in [0, 0.1) is 15.3 Å². The molecule has 0 aromatic heterocycles. The molecule has 1 unspecified atom stereocenters. The smallest absolute Gasteiger partial charge is 0.123 e. The van der Waals surface area contributed by atoms with Gasteiger partial charge in [0.15, 0.2) is 0 Å². The number of benzene rings is 2. The quantitative estimate of drug-likeness (QED) is 0.653. The average molecular weight is 402 g/mol. The van der Waals surface area contributed by atoms with Crippen LogP contribution in [0.15, 0.2) is 42.5 Å². The molecule has 1 aliphatic carbocycles. The van der Waals surface area contributed by atoms with Gasteiger partial charge >= 0.3 is 0 Å². The van der Waals surface area contributed by atoms with E-state index in [4.69, 9.17) is 11.6 Å². The third-order valence-electron chi connectivity index (χ3n) is 3.56. The van der Waals surface area contributed by atoms with E-state index in [1.165, 1.54) is 25.0 Å². The fourth-order valence-electron chi connectivity index (χ4n) is 2.35. The third kappa shape index (κ3) is 3.26. The van der Waals surface area contributed by atoms with Crippen LogP contribution in [0.3, 0.4) is 0 Å². The summed E-state index contributed by atoms with van der Waals surface area (Å²) in [5.41, 5.74) is 2.22. The number of halogens is 3. The molecule has 1 N–H and O–H groups in total. The molecule has 2 aromatic rings. The van der Waals surface area contributed by atoms with Crippen LogP contribution in [0.2, 0.25) is 5.02 Å². The van der Waals surface area contributed by atoms with E-state index < -0.39 is 0 Å². The number of nitrogens with one attached hydrogen (secondary N) is 1. The van der Waals surface area contributed by atoms with Gasteiger partial charge in [0, 0.05) is 14.3 Å². The first-order valence-electron chi connectivity index (χ1n) is 6.60. The predicted octanol–water partition coefficient (Wildman–Crippen LogP) is 5.65. The van der Waals surface area contributed by atoms with Crippen LogP contribution < -0.4 is 5.32 Å². The summed E-state index contributed by atoms with van der Waals surface area (Å²) in [5, 5.41) is 4.32. The Hall–Kier alpha value is -0.810. The van der Waals surface area contributed by atoms with Crippen LogP contribution in [-0.2, 0) is 0 Å². The van der Waals surface area contributed by atoms with Crippen molar-refractivity contribution in [2.24, 2.45) is 5.92 Å². The number of rotatable bonds is 4. The summed E-state index contributed by atoms with van der Waals surface area (Å²) in [6.07, 6.45) is 2.44. The minimum absolute atomic E-state index is 0.190. The Balaban J connectivity index is 1.86. The lowest BCUT2D eigenvalue weighted by Gasteiger charge is -2.21. The first-order chi connectivity index (χ1) is 9.63. The van der Waals surface area contributed by atoms with E-state index in [9.17, 15) is 4.39 Å². The van der Waals surface area contributed by atoms with Gasteiger partial charge in [-0.3, -0.25) is 0 Å². The summed E-state index contributed by atoms with van der Waals surface area (Å²) in [4.78, 5) is 0. The molecule has 1 fully saturated rings. The van der Waals surface area contributed by atoms with E-state index in [1.54, 1.807) is 0 Å². The van der Waals surface area contributed by atoms with Crippen molar-refractivity contribution in [2.75, 3.05) is 5.32 Å². The summed E-state index contributed by atoms with van der Waals surface area (Å²) in [5.74, 6) is 0.441. The van der Waals surface area contributed by atoms with Crippen LogP contribution in [0.25, 0.3) is 0 Å². The van der Waals surface area contributed by atoms with Crippen LogP contribution in [0.1, 0.15) is 24.4 Å². The fraction of sp³-hybridized carbons (Fsp3) is 0.250. The molecule has 104 valence electrons. The zero-order valence-electron chi connectivity index (χ0n) is 10.7. The van der Waals surface area contributed by atoms with Gasteiger partial charge < -0.3 is 5.32 Å². The minimum atomic E-state index is -0.190. The lowest BCUT2D eigenvalue weighted by molar-refractivity contribution is 0.622. The first kappa shape index (κ1) is 14.1. The molecule has 3 rings (SSSR count). The van der Waals surface area contributed by atoms with Gasteiger partial charge in [0.05, 0.1) is 6.04 Å².